The summed E-state index contributed by atoms with van der Waals surface area (Å²) in [7, 11) is 2.10. The molecule has 20 heavy (non-hydrogen) atoms. The van der Waals surface area contributed by atoms with Crippen molar-refractivity contribution in [1.29, 1.82) is 0 Å². The smallest absolute Gasteiger partial charge is 0.414 e. The van der Waals surface area contributed by atoms with Gasteiger partial charge in [0.25, 0.3) is 5.89 Å². The molecule has 0 radical (unpaired) electrons. The molecule has 2 rings (SSSR count). The molecule has 0 fully saturated rings. The molecule has 0 saturated carbocycles. The molecule has 8 nitrogen and oxygen atoms in total. The van der Waals surface area contributed by atoms with E-state index in [0.29, 0.717) is 17.6 Å². The molecule has 1 atom stereocenters. The Balaban J connectivity index is 0.000000286. The zero-order valence-corrected chi connectivity index (χ0v) is 11.5. The minimum absolute atomic E-state index is 0.552. The van der Waals surface area contributed by atoms with Crippen LogP contribution in [0.1, 0.15) is 18.6 Å². The Morgan fingerprint density at radius 1 is 1.40 bits per heavy atom. The molecule has 1 aromatic heterocycles. The second-order valence-electron chi connectivity index (χ2n) is 4.62. The third-order valence-electron chi connectivity index (χ3n) is 2.51. The van der Waals surface area contributed by atoms with Crippen molar-refractivity contribution >= 4 is 17.5 Å². The number of aliphatic carboxylic acids is 2. The number of nitrogens with zero attached hydrogens (tertiary/aromatic N) is 3. The van der Waals surface area contributed by atoms with Crippen molar-refractivity contribution in [2.24, 2.45) is 5.92 Å². The van der Waals surface area contributed by atoms with Crippen LogP contribution in [0.5, 0.6) is 0 Å². The quantitative estimate of drug-likeness (QED) is 0.715. The number of rotatable bonds is 1. The van der Waals surface area contributed by atoms with Crippen molar-refractivity contribution < 1.29 is 24.3 Å². The lowest BCUT2D eigenvalue weighted by Crippen LogP contribution is -2.29. The Labute approximate surface area is 115 Å². The second-order valence-corrected chi connectivity index (χ2v) is 4.62. The monoisotopic (exact) mass is 283 g/mol. The van der Waals surface area contributed by atoms with Gasteiger partial charge in [-0.2, -0.15) is 4.98 Å². The first-order chi connectivity index (χ1) is 9.29. The van der Waals surface area contributed by atoms with Crippen LogP contribution >= 0.6 is 0 Å². The second kappa shape index (κ2) is 6.80. The lowest BCUT2D eigenvalue weighted by molar-refractivity contribution is -0.159. The van der Waals surface area contributed by atoms with Gasteiger partial charge in [-0.1, -0.05) is 18.2 Å². The first-order valence-electron chi connectivity index (χ1n) is 5.95. The fraction of sp³-hybridized carbons (Fsp3) is 0.500. The summed E-state index contributed by atoms with van der Waals surface area (Å²) in [6.45, 7) is 6.02. The summed E-state index contributed by atoms with van der Waals surface area (Å²) in [6, 6.07) is 0. The summed E-state index contributed by atoms with van der Waals surface area (Å²) in [4.78, 5) is 24.7. The Kier molecular flexibility index (Phi) is 5.39. The van der Waals surface area contributed by atoms with Crippen LogP contribution in [0.25, 0.3) is 5.57 Å². The lowest BCUT2D eigenvalue weighted by atomic mass is 10.0. The minimum atomic E-state index is -1.82. The van der Waals surface area contributed by atoms with Gasteiger partial charge in [0.15, 0.2) is 5.82 Å². The molecule has 1 aromatic rings. The van der Waals surface area contributed by atoms with Crippen molar-refractivity contribution in [3.63, 3.8) is 0 Å². The van der Waals surface area contributed by atoms with E-state index in [0.717, 1.165) is 18.7 Å². The first kappa shape index (κ1) is 15.8. The molecule has 1 aliphatic rings. The Morgan fingerprint density at radius 2 is 2.00 bits per heavy atom. The molecule has 0 spiro atoms. The lowest BCUT2D eigenvalue weighted by Gasteiger charge is -2.25. The van der Waals surface area contributed by atoms with E-state index in [1.165, 1.54) is 0 Å². The van der Waals surface area contributed by atoms with Gasteiger partial charge in [0.1, 0.15) is 0 Å². The van der Waals surface area contributed by atoms with E-state index in [2.05, 4.69) is 35.1 Å². The number of hydrogen-bond acceptors (Lipinski definition) is 6. The predicted molar refractivity (Wildman–Crippen MR) is 68.9 cm³/mol. The number of hydrogen-bond donors (Lipinski definition) is 2. The van der Waals surface area contributed by atoms with Crippen molar-refractivity contribution in [3.8, 4) is 0 Å². The van der Waals surface area contributed by atoms with Crippen LogP contribution in [0.4, 0.5) is 0 Å². The molecule has 0 saturated heterocycles. The number of carboxylic acids is 2. The molecule has 0 amide bonds. The highest BCUT2D eigenvalue weighted by Gasteiger charge is 2.18. The maximum atomic E-state index is 9.10. The van der Waals surface area contributed by atoms with Crippen LogP contribution in [0.2, 0.25) is 0 Å². The zero-order chi connectivity index (χ0) is 15.3. The number of carboxylic acid groups (broad SMARTS) is 2. The third-order valence-corrected chi connectivity index (χ3v) is 2.51. The van der Waals surface area contributed by atoms with E-state index in [9.17, 15) is 0 Å². The van der Waals surface area contributed by atoms with Crippen molar-refractivity contribution in [1.82, 2.24) is 15.0 Å². The predicted octanol–water partition coefficient (Wildman–Crippen LogP) is 0.499. The summed E-state index contributed by atoms with van der Waals surface area (Å²) in [5, 5.41) is 18.6. The van der Waals surface area contributed by atoms with Crippen LogP contribution in [0.3, 0.4) is 0 Å². The van der Waals surface area contributed by atoms with E-state index in [4.69, 9.17) is 24.3 Å². The molecule has 2 heterocycles. The van der Waals surface area contributed by atoms with Crippen LogP contribution in [-0.4, -0.2) is 57.3 Å². The van der Waals surface area contributed by atoms with Crippen LogP contribution in [0, 0.1) is 12.8 Å². The highest BCUT2D eigenvalue weighted by atomic mass is 16.5. The number of aryl methyl sites for hydroxylation is 1. The largest absolute Gasteiger partial charge is 0.473 e. The maximum Gasteiger partial charge on any atom is 0.414 e. The SMILES string of the molecule is Cc1noc(C2=CC(C)CN(C)C2)n1.O=C(O)C(=O)O. The first-order valence-corrected chi connectivity index (χ1v) is 5.95. The Bertz CT molecular complexity index is 511. The van der Waals surface area contributed by atoms with Gasteiger partial charge in [-0.05, 0) is 19.9 Å². The average molecular weight is 283 g/mol. The maximum absolute atomic E-state index is 9.10. The van der Waals surface area contributed by atoms with Crippen LogP contribution in [0.15, 0.2) is 10.6 Å². The van der Waals surface area contributed by atoms with Crippen molar-refractivity contribution in [3.05, 3.63) is 17.8 Å². The van der Waals surface area contributed by atoms with Gasteiger partial charge in [-0.25, -0.2) is 9.59 Å². The van der Waals surface area contributed by atoms with Crippen molar-refractivity contribution in [2.75, 3.05) is 20.1 Å². The molecule has 0 aliphatic carbocycles. The normalized spacial score (nSPS) is 18.8. The minimum Gasteiger partial charge on any atom is -0.473 e. The van der Waals surface area contributed by atoms with Crippen LogP contribution in [-0.2, 0) is 9.59 Å². The van der Waals surface area contributed by atoms with Gasteiger partial charge in [-0.15, -0.1) is 0 Å². The van der Waals surface area contributed by atoms with E-state index < -0.39 is 11.9 Å². The highest BCUT2D eigenvalue weighted by molar-refractivity contribution is 6.27. The zero-order valence-electron chi connectivity index (χ0n) is 11.5. The molecule has 0 bridgehead atoms. The average Bonchev–Trinajstić information content (AvgIpc) is 2.75. The van der Waals surface area contributed by atoms with Gasteiger partial charge in [-0.3, -0.25) is 0 Å². The number of aromatic nitrogens is 2. The summed E-state index contributed by atoms with van der Waals surface area (Å²) in [6.07, 6.45) is 2.22. The fourth-order valence-corrected chi connectivity index (χ4v) is 1.86. The Morgan fingerprint density at radius 3 is 2.40 bits per heavy atom. The summed E-state index contributed by atoms with van der Waals surface area (Å²) in [5.41, 5.74) is 1.15. The molecule has 1 unspecified atom stereocenters. The van der Waals surface area contributed by atoms with Gasteiger partial charge in [0.2, 0.25) is 0 Å². The number of carbonyl (C=O) groups is 2. The van der Waals surface area contributed by atoms with Gasteiger partial charge in [0.05, 0.1) is 0 Å². The Hall–Kier alpha value is -2.22. The van der Waals surface area contributed by atoms with Gasteiger partial charge >= 0.3 is 11.9 Å². The van der Waals surface area contributed by atoms with E-state index in [1.54, 1.807) is 0 Å². The fourth-order valence-electron chi connectivity index (χ4n) is 1.86. The molecule has 2 N–H and O–H groups in total. The molecule has 1 aliphatic heterocycles. The molecule has 8 heteroatoms. The molecular weight excluding hydrogens is 266 g/mol. The highest BCUT2D eigenvalue weighted by Crippen LogP contribution is 2.21. The third kappa shape index (κ3) is 4.81. The van der Waals surface area contributed by atoms with Gasteiger partial charge < -0.3 is 19.6 Å². The van der Waals surface area contributed by atoms with E-state index in [-0.39, 0.29) is 0 Å². The molecule has 110 valence electrons. The summed E-state index contributed by atoms with van der Waals surface area (Å²) < 4.78 is 5.14. The van der Waals surface area contributed by atoms with Gasteiger partial charge in [0, 0.05) is 18.7 Å². The standard InChI is InChI=1S/C10H15N3O.C2H2O4/c1-7-4-9(6-13(3)5-7)10-11-8(2)12-14-10;3-1(4)2(5)6/h4,7H,5-6H2,1-3H3;(H,3,4)(H,5,6). The molecular formula is C12H17N3O5. The summed E-state index contributed by atoms with van der Waals surface area (Å²) >= 11 is 0. The topological polar surface area (TPSA) is 117 Å². The molecule has 0 aromatic carbocycles. The van der Waals surface area contributed by atoms with Crippen LogP contribution < -0.4 is 0 Å². The van der Waals surface area contributed by atoms with E-state index >= 15 is 0 Å². The number of likely N-dealkylation sites (N-methyl/N-ethyl adjacent to an activating group) is 1. The summed E-state index contributed by atoms with van der Waals surface area (Å²) in [5.74, 6) is -1.73. The van der Waals surface area contributed by atoms with Crippen molar-refractivity contribution in [2.45, 2.75) is 13.8 Å². The van der Waals surface area contributed by atoms with E-state index in [1.807, 2.05) is 6.92 Å².